The molecule has 0 amide bonds. The number of thiophene rings is 1. The zero-order chi connectivity index (χ0) is 7.90. The molecule has 1 nitrogen and oxygen atoms in total. The van der Waals surface area contributed by atoms with E-state index in [4.69, 9.17) is 5.26 Å². The molecule has 0 unspecified atom stereocenters. The van der Waals surface area contributed by atoms with Crippen molar-refractivity contribution in [2.24, 2.45) is 0 Å². The van der Waals surface area contributed by atoms with Crippen molar-refractivity contribution in [2.45, 2.75) is 18.3 Å². The van der Waals surface area contributed by atoms with E-state index in [-0.39, 0.29) is 5.41 Å². The molecule has 0 spiro atoms. The molecule has 2 rings (SSSR count). The zero-order valence-electron chi connectivity index (χ0n) is 5.80. The van der Waals surface area contributed by atoms with E-state index in [1.54, 1.807) is 11.3 Å². The highest BCUT2D eigenvalue weighted by molar-refractivity contribution is 14.1. The maximum absolute atomic E-state index is 8.87. The van der Waals surface area contributed by atoms with Crippen LogP contribution in [0.4, 0.5) is 0 Å². The molecule has 11 heavy (non-hydrogen) atoms. The summed E-state index contributed by atoms with van der Waals surface area (Å²) in [6.07, 6.45) is 2.11. The van der Waals surface area contributed by atoms with Crippen LogP contribution in [-0.4, -0.2) is 0 Å². The Morgan fingerprint density at radius 1 is 1.55 bits per heavy atom. The van der Waals surface area contributed by atoms with Crippen molar-refractivity contribution in [3.63, 3.8) is 0 Å². The summed E-state index contributed by atoms with van der Waals surface area (Å²) < 4.78 is 1.28. The third-order valence-electron chi connectivity index (χ3n) is 2.01. The third-order valence-corrected chi connectivity index (χ3v) is 4.11. The van der Waals surface area contributed by atoms with E-state index in [2.05, 4.69) is 40.8 Å². The molecule has 1 aliphatic carbocycles. The predicted molar refractivity (Wildman–Crippen MR) is 53.6 cm³/mol. The first-order valence-corrected chi connectivity index (χ1v) is 5.33. The van der Waals surface area contributed by atoms with Gasteiger partial charge in [-0.2, -0.15) is 5.26 Å². The van der Waals surface area contributed by atoms with Crippen LogP contribution in [0, 0.1) is 14.2 Å². The lowest BCUT2D eigenvalue weighted by Gasteiger charge is -1.97. The van der Waals surface area contributed by atoms with Gasteiger partial charge in [-0.3, -0.25) is 0 Å². The first-order chi connectivity index (χ1) is 5.27. The standard InChI is InChI=1S/C8H6INS/c9-7-2-1-6(11-7)8(5-10)3-4-8/h1-2H,3-4H2. The lowest BCUT2D eigenvalue weighted by Crippen LogP contribution is -1.97. The summed E-state index contributed by atoms with van der Waals surface area (Å²) in [7, 11) is 0. The second kappa shape index (κ2) is 2.46. The van der Waals surface area contributed by atoms with Crippen molar-refractivity contribution >= 4 is 33.9 Å². The Balaban J connectivity index is 2.38. The predicted octanol–water partition coefficient (Wildman–Crippen LogP) is 2.91. The number of hydrogen-bond acceptors (Lipinski definition) is 2. The van der Waals surface area contributed by atoms with E-state index < -0.39 is 0 Å². The Morgan fingerprint density at radius 2 is 2.27 bits per heavy atom. The van der Waals surface area contributed by atoms with Gasteiger partial charge in [-0.1, -0.05) is 0 Å². The fourth-order valence-corrected chi connectivity index (χ4v) is 2.93. The highest BCUT2D eigenvalue weighted by Crippen LogP contribution is 2.49. The number of nitrogens with zero attached hydrogens (tertiary/aromatic N) is 1. The normalized spacial score (nSPS) is 19.3. The van der Waals surface area contributed by atoms with Crippen molar-refractivity contribution < 1.29 is 0 Å². The van der Waals surface area contributed by atoms with Crippen molar-refractivity contribution in [1.29, 1.82) is 5.26 Å². The Labute approximate surface area is 83.2 Å². The Morgan fingerprint density at radius 3 is 2.64 bits per heavy atom. The number of hydrogen-bond donors (Lipinski definition) is 0. The highest BCUT2D eigenvalue weighted by atomic mass is 127. The van der Waals surface area contributed by atoms with Crippen molar-refractivity contribution in [2.75, 3.05) is 0 Å². The molecule has 0 N–H and O–H groups in total. The number of rotatable bonds is 1. The van der Waals surface area contributed by atoms with E-state index >= 15 is 0 Å². The maximum Gasteiger partial charge on any atom is 0.0916 e. The lowest BCUT2D eigenvalue weighted by atomic mass is 10.1. The molecule has 1 aromatic rings. The van der Waals surface area contributed by atoms with Gasteiger partial charge >= 0.3 is 0 Å². The molecule has 1 fully saturated rings. The van der Waals surface area contributed by atoms with Crippen molar-refractivity contribution in [3.05, 3.63) is 19.9 Å². The van der Waals surface area contributed by atoms with Crippen LogP contribution < -0.4 is 0 Å². The quantitative estimate of drug-likeness (QED) is 0.723. The molecule has 3 heteroatoms. The van der Waals surface area contributed by atoms with Crippen LogP contribution in [0.1, 0.15) is 17.7 Å². The molecule has 1 aromatic heterocycles. The minimum Gasteiger partial charge on any atom is -0.197 e. The number of halogens is 1. The van der Waals surface area contributed by atoms with Crippen LogP contribution in [0.2, 0.25) is 0 Å². The average Bonchev–Trinajstić information content (AvgIpc) is 2.70. The van der Waals surface area contributed by atoms with Crippen molar-refractivity contribution in [1.82, 2.24) is 0 Å². The Bertz CT molecular complexity index is 319. The highest BCUT2D eigenvalue weighted by Gasteiger charge is 2.45. The van der Waals surface area contributed by atoms with Crippen LogP contribution in [0.15, 0.2) is 12.1 Å². The molecule has 1 saturated carbocycles. The van der Waals surface area contributed by atoms with Gasteiger partial charge in [0.2, 0.25) is 0 Å². The topological polar surface area (TPSA) is 23.8 Å². The summed E-state index contributed by atoms with van der Waals surface area (Å²) in [5.41, 5.74) is -0.0753. The fraction of sp³-hybridized carbons (Fsp3) is 0.375. The van der Waals surface area contributed by atoms with Gasteiger partial charge in [0.05, 0.1) is 14.4 Å². The van der Waals surface area contributed by atoms with Crippen LogP contribution in [0.5, 0.6) is 0 Å². The van der Waals surface area contributed by atoms with Gasteiger partial charge in [0.25, 0.3) is 0 Å². The first kappa shape index (κ1) is 7.56. The lowest BCUT2D eigenvalue weighted by molar-refractivity contribution is 0.937. The molecule has 1 heterocycles. The molecule has 0 bridgehead atoms. The van der Waals surface area contributed by atoms with Gasteiger partial charge in [-0.15, -0.1) is 11.3 Å². The third kappa shape index (κ3) is 1.18. The molecule has 0 saturated heterocycles. The van der Waals surface area contributed by atoms with Crippen LogP contribution in [0.3, 0.4) is 0 Å². The summed E-state index contributed by atoms with van der Waals surface area (Å²) in [5, 5.41) is 8.87. The summed E-state index contributed by atoms with van der Waals surface area (Å²) in [4.78, 5) is 1.25. The smallest absolute Gasteiger partial charge is 0.0916 e. The molecule has 56 valence electrons. The molecule has 1 aliphatic rings. The van der Waals surface area contributed by atoms with Gasteiger partial charge in [-0.05, 0) is 47.6 Å². The summed E-state index contributed by atoms with van der Waals surface area (Å²) in [6.45, 7) is 0. The molecule has 0 radical (unpaired) electrons. The summed E-state index contributed by atoms with van der Waals surface area (Å²) >= 11 is 4.04. The summed E-state index contributed by atoms with van der Waals surface area (Å²) in [6, 6.07) is 6.56. The molecular formula is C8H6INS. The second-order valence-corrected chi connectivity index (χ2v) is 5.78. The Hall–Kier alpha value is -0.0800. The van der Waals surface area contributed by atoms with E-state index in [0.29, 0.717) is 0 Å². The van der Waals surface area contributed by atoms with E-state index in [9.17, 15) is 0 Å². The van der Waals surface area contributed by atoms with E-state index in [1.165, 1.54) is 7.76 Å². The van der Waals surface area contributed by atoms with Crippen LogP contribution >= 0.6 is 33.9 Å². The summed E-state index contributed by atoms with van der Waals surface area (Å²) in [5.74, 6) is 0. The average molecular weight is 275 g/mol. The van der Waals surface area contributed by atoms with Crippen LogP contribution in [0.25, 0.3) is 0 Å². The first-order valence-electron chi connectivity index (χ1n) is 3.44. The minimum atomic E-state index is -0.0753. The SMILES string of the molecule is N#CC1(c2ccc(I)s2)CC1. The van der Waals surface area contributed by atoms with Gasteiger partial charge in [0.1, 0.15) is 0 Å². The van der Waals surface area contributed by atoms with Gasteiger partial charge in [-0.25, -0.2) is 0 Å². The van der Waals surface area contributed by atoms with Crippen LogP contribution in [-0.2, 0) is 5.41 Å². The largest absolute Gasteiger partial charge is 0.197 e. The van der Waals surface area contributed by atoms with Gasteiger partial charge in [0.15, 0.2) is 0 Å². The molecule has 0 aliphatic heterocycles. The minimum absolute atomic E-state index is 0.0753. The van der Waals surface area contributed by atoms with Gasteiger partial charge in [0, 0.05) is 4.88 Å². The van der Waals surface area contributed by atoms with Crippen molar-refractivity contribution in [3.8, 4) is 6.07 Å². The zero-order valence-corrected chi connectivity index (χ0v) is 8.78. The second-order valence-electron chi connectivity index (χ2n) is 2.80. The molecule has 0 atom stereocenters. The monoisotopic (exact) mass is 275 g/mol. The number of nitriles is 1. The van der Waals surface area contributed by atoms with Gasteiger partial charge < -0.3 is 0 Å². The van der Waals surface area contributed by atoms with E-state index in [0.717, 1.165) is 12.8 Å². The Kier molecular flexibility index (Phi) is 1.69. The molecule has 0 aromatic carbocycles. The van der Waals surface area contributed by atoms with E-state index in [1.807, 2.05) is 0 Å². The maximum atomic E-state index is 8.87. The molecular weight excluding hydrogens is 269 g/mol. The fourth-order valence-electron chi connectivity index (χ4n) is 1.11.